The molecule has 0 bridgehead atoms. The Kier molecular flexibility index (Phi) is 9.43. The Morgan fingerprint density at radius 1 is 1.04 bits per heavy atom. The molecule has 0 atom stereocenters. The molecular weight excluding hydrogens is 322 g/mol. The lowest BCUT2D eigenvalue weighted by atomic mass is 10.2. The third-order valence-electron chi connectivity index (χ3n) is 3.61. The number of benzene rings is 1. The van der Waals surface area contributed by atoms with E-state index < -0.39 is 0 Å². The minimum absolute atomic E-state index is 0.0379. The molecule has 6 nitrogen and oxygen atoms in total. The van der Waals surface area contributed by atoms with Crippen LogP contribution in [0, 0.1) is 5.92 Å². The molecule has 0 spiro atoms. The number of rotatable bonds is 11. The van der Waals surface area contributed by atoms with Gasteiger partial charge in [0.2, 0.25) is 5.91 Å². The Labute approximate surface area is 150 Å². The molecule has 0 aliphatic heterocycles. The molecule has 1 rings (SSSR count). The van der Waals surface area contributed by atoms with Crippen LogP contribution in [0.3, 0.4) is 0 Å². The van der Waals surface area contributed by atoms with E-state index in [-0.39, 0.29) is 18.3 Å². The molecule has 0 aliphatic carbocycles. The van der Waals surface area contributed by atoms with Crippen molar-refractivity contribution in [2.24, 2.45) is 5.92 Å². The van der Waals surface area contributed by atoms with Gasteiger partial charge in [-0.15, -0.1) is 0 Å². The number of hydrogen-bond donors (Lipinski definition) is 0. The van der Waals surface area contributed by atoms with E-state index in [1.807, 2.05) is 38.1 Å². The lowest BCUT2D eigenvalue weighted by Gasteiger charge is -2.24. The maximum atomic E-state index is 12.4. The van der Waals surface area contributed by atoms with E-state index in [1.165, 1.54) is 7.11 Å². The van der Waals surface area contributed by atoms with E-state index in [1.54, 1.807) is 12.0 Å². The van der Waals surface area contributed by atoms with Gasteiger partial charge in [0.05, 0.1) is 27.2 Å². The third kappa shape index (κ3) is 8.42. The van der Waals surface area contributed by atoms with E-state index in [2.05, 4.69) is 4.74 Å². The van der Waals surface area contributed by atoms with Crippen molar-refractivity contribution in [3.63, 3.8) is 0 Å². The lowest BCUT2D eigenvalue weighted by Crippen LogP contribution is -2.36. The molecule has 140 valence electrons. The summed E-state index contributed by atoms with van der Waals surface area (Å²) in [4.78, 5) is 25.4. The van der Waals surface area contributed by atoms with Crippen molar-refractivity contribution in [3.8, 4) is 11.5 Å². The molecule has 0 saturated carbocycles. The van der Waals surface area contributed by atoms with Gasteiger partial charge in [-0.05, 0) is 36.6 Å². The van der Waals surface area contributed by atoms with Crippen LogP contribution in [0.4, 0.5) is 0 Å². The number of ether oxygens (including phenoxy) is 3. The summed E-state index contributed by atoms with van der Waals surface area (Å²) in [5.74, 6) is 1.60. The second-order valence-corrected chi connectivity index (χ2v) is 6.19. The first kappa shape index (κ1) is 20.8. The number of carbonyl (C=O) groups excluding carboxylic acids is 2. The predicted molar refractivity (Wildman–Crippen MR) is 95.8 cm³/mol. The summed E-state index contributed by atoms with van der Waals surface area (Å²) < 4.78 is 15.4. The lowest BCUT2D eigenvalue weighted by molar-refractivity contribution is -0.142. The van der Waals surface area contributed by atoms with Crippen molar-refractivity contribution in [1.29, 1.82) is 0 Å². The largest absolute Gasteiger partial charge is 0.497 e. The molecule has 0 unspecified atom stereocenters. The predicted octanol–water partition coefficient (Wildman–Crippen LogP) is 2.90. The van der Waals surface area contributed by atoms with Crippen LogP contribution in [0.2, 0.25) is 0 Å². The maximum absolute atomic E-state index is 12.4. The normalized spacial score (nSPS) is 10.4. The first-order chi connectivity index (χ1) is 12.0. The number of carbonyl (C=O) groups is 2. The number of esters is 1. The number of nitrogens with zero attached hydrogens (tertiary/aromatic N) is 1. The smallest absolute Gasteiger partial charge is 0.307 e. The van der Waals surface area contributed by atoms with Crippen LogP contribution in [0.1, 0.15) is 33.1 Å². The van der Waals surface area contributed by atoms with Crippen LogP contribution in [0.15, 0.2) is 24.3 Å². The average Bonchev–Trinajstić information content (AvgIpc) is 2.61. The number of amides is 1. The Morgan fingerprint density at radius 2 is 1.68 bits per heavy atom. The monoisotopic (exact) mass is 351 g/mol. The first-order valence-corrected chi connectivity index (χ1v) is 8.57. The molecule has 0 N–H and O–H groups in total. The van der Waals surface area contributed by atoms with Crippen molar-refractivity contribution >= 4 is 11.9 Å². The topological polar surface area (TPSA) is 65.1 Å². The molecule has 1 aromatic rings. The molecule has 1 amide bonds. The highest BCUT2D eigenvalue weighted by Gasteiger charge is 2.16. The molecule has 0 aliphatic rings. The fraction of sp³-hybridized carbons (Fsp3) is 0.579. The van der Waals surface area contributed by atoms with Gasteiger partial charge in [-0.3, -0.25) is 9.59 Å². The summed E-state index contributed by atoms with van der Waals surface area (Å²) in [6.07, 6.45) is 1.24. The van der Waals surface area contributed by atoms with Gasteiger partial charge in [0.25, 0.3) is 0 Å². The quantitative estimate of drug-likeness (QED) is 0.453. The van der Waals surface area contributed by atoms with Crippen molar-refractivity contribution in [3.05, 3.63) is 24.3 Å². The zero-order chi connectivity index (χ0) is 18.7. The molecule has 0 radical (unpaired) electrons. The molecule has 1 aromatic carbocycles. The van der Waals surface area contributed by atoms with Gasteiger partial charge >= 0.3 is 5.97 Å². The molecular formula is C19H29NO5. The Bertz CT molecular complexity index is 527. The Hall–Kier alpha value is -2.24. The van der Waals surface area contributed by atoms with Gasteiger partial charge in [-0.1, -0.05) is 13.8 Å². The second-order valence-electron chi connectivity index (χ2n) is 6.19. The van der Waals surface area contributed by atoms with Crippen LogP contribution in [-0.2, 0) is 14.3 Å². The van der Waals surface area contributed by atoms with Crippen LogP contribution in [0.25, 0.3) is 0 Å². The van der Waals surface area contributed by atoms with E-state index in [0.29, 0.717) is 38.5 Å². The van der Waals surface area contributed by atoms with Gasteiger partial charge in [-0.2, -0.15) is 0 Å². The maximum Gasteiger partial charge on any atom is 0.307 e. The van der Waals surface area contributed by atoms with Gasteiger partial charge < -0.3 is 19.1 Å². The first-order valence-electron chi connectivity index (χ1n) is 8.57. The van der Waals surface area contributed by atoms with Crippen molar-refractivity contribution in [2.75, 3.05) is 33.9 Å². The zero-order valence-electron chi connectivity index (χ0n) is 15.6. The number of methoxy groups -OCH3 is 2. The summed E-state index contributed by atoms with van der Waals surface area (Å²) >= 11 is 0. The van der Waals surface area contributed by atoms with Crippen LogP contribution in [-0.4, -0.2) is 50.7 Å². The summed E-state index contributed by atoms with van der Waals surface area (Å²) in [7, 11) is 2.97. The minimum Gasteiger partial charge on any atom is -0.497 e. The van der Waals surface area contributed by atoms with Gasteiger partial charge in [0.15, 0.2) is 0 Å². The van der Waals surface area contributed by atoms with Gasteiger partial charge in [-0.25, -0.2) is 0 Å². The zero-order valence-corrected chi connectivity index (χ0v) is 15.6. The number of hydrogen-bond acceptors (Lipinski definition) is 5. The van der Waals surface area contributed by atoms with E-state index >= 15 is 0 Å². The molecule has 0 saturated heterocycles. The standard InChI is InChI=1S/C19H29NO5/c1-15(2)14-20(12-11-19(22)24-4)18(21)6-5-13-25-17-9-7-16(23-3)8-10-17/h7-10,15H,5-6,11-14H2,1-4H3. The Balaban J connectivity index is 2.37. The van der Waals surface area contributed by atoms with Gasteiger partial charge in [0, 0.05) is 19.5 Å². The minimum atomic E-state index is -0.301. The summed E-state index contributed by atoms with van der Waals surface area (Å²) in [6, 6.07) is 7.33. The summed E-state index contributed by atoms with van der Waals surface area (Å²) in [5.41, 5.74) is 0. The molecule has 0 fully saturated rings. The second kappa shape index (κ2) is 11.3. The molecule has 6 heteroatoms. The molecule has 0 aromatic heterocycles. The fourth-order valence-corrected chi connectivity index (χ4v) is 2.33. The fourth-order valence-electron chi connectivity index (χ4n) is 2.33. The van der Waals surface area contributed by atoms with E-state index in [4.69, 9.17) is 9.47 Å². The van der Waals surface area contributed by atoms with Crippen molar-refractivity contribution < 1.29 is 23.8 Å². The molecule has 25 heavy (non-hydrogen) atoms. The van der Waals surface area contributed by atoms with Crippen LogP contribution >= 0.6 is 0 Å². The highest BCUT2D eigenvalue weighted by atomic mass is 16.5. The van der Waals surface area contributed by atoms with E-state index in [9.17, 15) is 9.59 Å². The van der Waals surface area contributed by atoms with Crippen molar-refractivity contribution in [1.82, 2.24) is 4.90 Å². The van der Waals surface area contributed by atoms with Crippen molar-refractivity contribution in [2.45, 2.75) is 33.1 Å². The summed E-state index contributed by atoms with van der Waals surface area (Å²) in [6.45, 7) is 5.58. The SMILES string of the molecule is COC(=O)CCN(CC(C)C)C(=O)CCCOc1ccc(OC)cc1. The van der Waals surface area contributed by atoms with Gasteiger partial charge in [0.1, 0.15) is 11.5 Å². The third-order valence-corrected chi connectivity index (χ3v) is 3.61. The highest BCUT2D eigenvalue weighted by Crippen LogP contribution is 2.17. The van der Waals surface area contributed by atoms with Crippen LogP contribution < -0.4 is 9.47 Å². The molecule has 0 heterocycles. The average molecular weight is 351 g/mol. The van der Waals surface area contributed by atoms with E-state index in [0.717, 1.165) is 11.5 Å². The van der Waals surface area contributed by atoms with Crippen LogP contribution in [0.5, 0.6) is 11.5 Å². The summed E-state index contributed by atoms with van der Waals surface area (Å²) in [5, 5.41) is 0. The highest BCUT2D eigenvalue weighted by molar-refractivity contribution is 5.77. The Morgan fingerprint density at radius 3 is 2.24 bits per heavy atom.